The Morgan fingerprint density at radius 1 is 1.43 bits per heavy atom. The van der Waals surface area contributed by atoms with E-state index < -0.39 is 26.5 Å². The lowest BCUT2D eigenvalue weighted by molar-refractivity contribution is 0.0697. The van der Waals surface area contributed by atoms with Gasteiger partial charge in [0.2, 0.25) is 10.0 Å². The van der Waals surface area contributed by atoms with Gasteiger partial charge in [0.1, 0.15) is 17.2 Å². The van der Waals surface area contributed by atoms with Crippen molar-refractivity contribution >= 4 is 33.3 Å². The third kappa shape index (κ3) is 3.67. The molecular formula is C12H10ClN3O6S. The minimum absolute atomic E-state index is 0.165. The van der Waals surface area contributed by atoms with Gasteiger partial charge in [0, 0.05) is 0 Å². The number of nitrogens with zero attached hydrogens (tertiary/aromatic N) is 2. The zero-order valence-corrected chi connectivity index (χ0v) is 12.9. The van der Waals surface area contributed by atoms with Gasteiger partial charge >= 0.3 is 5.97 Å². The molecule has 0 aliphatic heterocycles. The van der Waals surface area contributed by atoms with E-state index in [4.69, 9.17) is 21.2 Å². The largest absolute Gasteiger partial charge is 0.478 e. The second-order valence-corrected chi connectivity index (χ2v) is 6.31. The van der Waals surface area contributed by atoms with Crippen LogP contribution in [-0.4, -0.2) is 19.5 Å². The van der Waals surface area contributed by atoms with Crippen LogP contribution >= 0.6 is 11.6 Å². The number of carboxylic acids is 1. The van der Waals surface area contributed by atoms with Crippen molar-refractivity contribution in [2.45, 2.75) is 11.4 Å². The lowest BCUT2D eigenvalue weighted by atomic mass is 10.1. The third-order valence-electron chi connectivity index (χ3n) is 2.85. The molecule has 1 aromatic heterocycles. The summed E-state index contributed by atoms with van der Waals surface area (Å²) in [6.07, 6.45) is 1.37. The molecule has 3 N–H and O–H groups in total. The molecule has 9 nitrogen and oxygen atoms in total. The summed E-state index contributed by atoms with van der Waals surface area (Å²) >= 11 is 5.83. The number of carboxylic acid groups (broad SMARTS) is 1. The smallest absolute Gasteiger partial charge is 0.337 e. The molecule has 0 saturated carbocycles. The molecule has 0 amide bonds. The number of benzene rings is 1. The van der Waals surface area contributed by atoms with Gasteiger partial charge in [-0.3, -0.25) is 0 Å². The van der Waals surface area contributed by atoms with E-state index in [2.05, 4.69) is 5.29 Å². The van der Waals surface area contributed by atoms with Crippen molar-refractivity contribution < 1.29 is 22.7 Å². The highest BCUT2D eigenvalue weighted by molar-refractivity contribution is 7.89. The van der Waals surface area contributed by atoms with E-state index in [0.717, 1.165) is 17.1 Å². The zero-order valence-electron chi connectivity index (χ0n) is 11.3. The van der Waals surface area contributed by atoms with E-state index in [1.165, 1.54) is 6.26 Å². The molecule has 0 bridgehead atoms. The average Bonchev–Trinajstić information content (AvgIpc) is 2.95. The molecule has 11 heteroatoms. The number of rotatable bonds is 6. The normalized spacial score (nSPS) is 11.2. The fraction of sp³-hybridized carbons (Fsp3) is 0.0833. The van der Waals surface area contributed by atoms with Crippen molar-refractivity contribution in [3.63, 3.8) is 0 Å². The van der Waals surface area contributed by atoms with Crippen LogP contribution in [0.5, 0.6) is 0 Å². The van der Waals surface area contributed by atoms with Crippen LogP contribution in [0, 0.1) is 4.91 Å². The van der Waals surface area contributed by atoms with Gasteiger partial charge in [0.05, 0.1) is 27.8 Å². The number of furan rings is 1. The molecule has 0 radical (unpaired) electrons. The number of hydrogen-bond acceptors (Lipinski definition) is 6. The molecule has 1 heterocycles. The maximum atomic E-state index is 11.4. The van der Waals surface area contributed by atoms with Crippen LogP contribution in [0.25, 0.3) is 0 Å². The molecule has 2 rings (SSSR count). The minimum Gasteiger partial charge on any atom is -0.478 e. The summed E-state index contributed by atoms with van der Waals surface area (Å²) in [5.41, 5.74) is -0.689. The zero-order chi connectivity index (χ0) is 17.2. The van der Waals surface area contributed by atoms with E-state index in [1.54, 1.807) is 12.1 Å². The average molecular weight is 360 g/mol. The standard InChI is InChI=1S/C12H10ClN3O6S/c13-9-5-10(16(15-19)6-7-2-1-3-22-7)8(12(17)18)4-11(9)23(14,20)21/h1-5H,6H2,(H,17,18)(H2,14,20,21). The topological polar surface area (TPSA) is 143 Å². The highest BCUT2D eigenvalue weighted by Crippen LogP contribution is 2.31. The monoisotopic (exact) mass is 359 g/mol. The predicted molar refractivity (Wildman–Crippen MR) is 80.5 cm³/mol. The molecule has 23 heavy (non-hydrogen) atoms. The third-order valence-corrected chi connectivity index (χ3v) is 4.23. The van der Waals surface area contributed by atoms with Crippen molar-refractivity contribution in [2.75, 3.05) is 5.01 Å². The Labute approximate surface area is 135 Å². The molecule has 0 unspecified atom stereocenters. The summed E-state index contributed by atoms with van der Waals surface area (Å²) in [5, 5.41) is 17.4. The number of halogens is 1. The second kappa shape index (κ2) is 6.36. The lowest BCUT2D eigenvalue weighted by Gasteiger charge is -2.17. The summed E-state index contributed by atoms with van der Waals surface area (Å²) in [7, 11) is -4.23. The van der Waals surface area contributed by atoms with Crippen LogP contribution in [0.2, 0.25) is 5.02 Å². The predicted octanol–water partition coefficient (Wildman–Crippen LogP) is 1.97. The summed E-state index contributed by atoms with van der Waals surface area (Å²) in [5.74, 6) is -1.14. The van der Waals surface area contributed by atoms with Crippen LogP contribution in [0.15, 0.2) is 45.1 Å². The Morgan fingerprint density at radius 3 is 2.61 bits per heavy atom. The first kappa shape index (κ1) is 16.9. The van der Waals surface area contributed by atoms with Crippen molar-refractivity contribution in [2.24, 2.45) is 10.4 Å². The Bertz CT molecular complexity index is 850. The number of nitroso groups, excluding NO2 is 1. The molecule has 2 aromatic rings. The molecule has 0 aliphatic rings. The van der Waals surface area contributed by atoms with Crippen molar-refractivity contribution in [1.29, 1.82) is 0 Å². The van der Waals surface area contributed by atoms with E-state index in [9.17, 15) is 23.2 Å². The Kier molecular flexibility index (Phi) is 4.68. The van der Waals surface area contributed by atoms with Gasteiger partial charge in [-0.25, -0.2) is 23.4 Å². The summed E-state index contributed by atoms with van der Waals surface area (Å²) in [4.78, 5) is 21.9. The molecule has 0 aliphatic carbocycles. The van der Waals surface area contributed by atoms with Crippen LogP contribution in [0.4, 0.5) is 5.69 Å². The number of carbonyl (C=O) groups is 1. The summed E-state index contributed by atoms with van der Waals surface area (Å²) in [6.45, 7) is -0.165. The maximum absolute atomic E-state index is 11.4. The molecule has 0 atom stereocenters. The van der Waals surface area contributed by atoms with Gasteiger partial charge in [0.15, 0.2) is 0 Å². The number of hydrogen-bond donors (Lipinski definition) is 2. The first-order valence-electron chi connectivity index (χ1n) is 5.97. The van der Waals surface area contributed by atoms with Gasteiger partial charge in [0.25, 0.3) is 0 Å². The van der Waals surface area contributed by atoms with Crippen molar-refractivity contribution in [3.8, 4) is 0 Å². The number of primary sulfonamides is 1. The molecule has 0 spiro atoms. The molecule has 0 saturated heterocycles. The van der Waals surface area contributed by atoms with Crippen LogP contribution in [0.3, 0.4) is 0 Å². The van der Waals surface area contributed by atoms with E-state index in [1.807, 2.05) is 0 Å². The lowest BCUT2D eigenvalue weighted by Crippen LogP contribution is -2.20. The van der Waals surface area contributed by atoms with Gasteiger partial charge in [-0.15, -0.1) is 4.91 Å². The van der Waals surface area contributed by atoms with Crippen LogP contribution < -0.4 is 10.1 Å². The van der Waals surface area contributed by atoms with Crippen molar-refractivity contribution in [1.82, 2.24) is 0 Å². The van der Waals surface area contributed by atoms with Gasteiger partial charge in [-0.05, 0) is 24.3 Å². The van der Waals surface area contributed by atoms with Gasteiger partial charge < -0.3 is 9.52 Å². The summed E-state index contributed by atoms with van der Waals surface area (Å²) in [6, 6.07) is 4.90. The van der Waals surface area contributed by atoms with E-state index in [-0.39, 0.29) is 17.3 Å². The van der Waals surface area contributed by atoms with Gasteiger partial charge in [-0.1, -0.05) is 11.6 Å². The number of anilines is 1. The highest BCUT2D eigenvalue weighted by atomic mass is 35.5. The maximum Gasteiger partial charge on any atom is 0.337 e. The van der Waals surface area contributed by atoms with E-state index in [0.29, 0.717) is 5.76 Å². The van der Waals surface area contributed by atoms with Crippen LogP contribution in [0.1, 0.15) is 16.1 Å². The Morgan fingerprint density at radius 2 is 2.13 bits per heavy atom. The molecular weight excluding hydrogens is 350 g/mol. The summed E-state index contributed by atoms with van der Waals surface area (Å²) < 4.78 is 27.9. The number of aromatic carboxylic acids is 1. The first-order chi connectivity index (χ1) is 10.7. The fourth-order valence-electron chi connectivity index (χ4n) is 1.85. The first-order valence-corrected chi connectivity index (χ1v) is 7.89. The number of nitrogens with two attached hydrogens (primary N) is 1. The quantitative estimate of drug-likeness (QED) is 0.592. The Hall–Kier alpha value is -2.43. The van der Waals surface area contributed by atoms with Crippen LogP contribution in [-0.2, 0) is 16.6 Å². The molecule has 122 valence electrons. The molecule has 0 fully saturated rings. The fourth-order valence-corrected chi connectivity index (χ4v) is 2.95. The van der Waals surface area contributed by atoms with Gasteiger partial charge in [-0.2, -0.15) is 0 Å². The number of sulfonamides is 1. The van der Waals surface area contributed by atoms with Crippen molar-refractivity contribution in [3.05, 3.63) is 51.8 Å². The Balaban J connectivity index is 2.58. The SMILES string of the molecule is NS(=O)(=O)c1cc(C(=O)O)c(N(Cc2ccco2)N=O)cc1Cl. The minimum atomic E-state index is -4.23. The molecule has 1 aromatic carbocycles. The van der Waals surface area contributed by atoms with E-state index >= 15 is 0 Å². The highest BCUT2D eigenvalue weighted by Gasteiger charge is 2.24. The second-order valence-electron chi connectivity index (χ2n) is 4.37.